The number of allylic oxidation sites excluding steroid dienone is 1. The van der Waals surface area contributed by atoms with Gasteiger partial charge in [-0.1, -0.05) is 0 Å². The summed E-state index contributed by atoms with van der Waals surface area (Å²) in [4.78, 5) is 23.7. The van der Waals surface area contributed by atoms with Crippen molar-refractivity contribution in [3.05, 3.63) is 25.0 Å². The van der Waals surface area contributed by atoms with Crippen LogP contribution in [0.1, 0.15) is 19.8 Å². The molecule has 3 heterocycles. The number of rotatable bonds is 3. The first-order chi connectivity index (χ1) is 9.74. The number of imidazole rings is 1. The molecule has 1 amide bonds. The minimum absolute atomic E-state index is 0.122. The van der Waals surface area contributed by atoms with E-state index in [9.17, 15) is 4.79 Å². The van der Waals surface area contributed by atoms with E-state index in [4.69, 9.17) is 4.74 Å². The largest absolute Gasteiger partial charge is 0.496 e. The second kappa shape index (κ2) is 5.28. The second-order valence-corrected chi connectivity index (χ2v) is 4.68. The van der Waals surface area contributed by atoms with Gasteiger partial charge in [-0.25, -0.2) is 15.0 Å². The van der Waals surface area contributed by atoms with Crippen LogP contribution in [0.5, 0.6) is 0 Å². The highest BCUT2D eigenvalue weighted by Crippen LogP contribution is 2.19. The van der Waals surface area contributed by atoms with Crippen LogP contribution in [0.3, 0.4) is 0 Å². The second-order valence-electron chi connectivity index (χ2n) is 4.68. The molecule has 3 rings (SSSR count). The van der Waals surface area contributed by atoms with Crippen LogP contribution < -0.4 is 5.32 Å². The van der Waals surface area contributed by atoms with E-state index in [1.165, 1.54) is 13.3 Å². The molecule has 0 saturated carbocycles. The van der Waals surface area contributed by atoms with Crippen molar-refractivity contribution in [3.8, 4) is 0 Å². The number of aromatic nitrogens is 4. The highest BCUT2D eigenvalue weighted by Gasteiger charge is 2.16. The molecule has 2 aromatic rings. The van der Waals surface area contributed by atoms with Gasteiger partial charge >= 0.3 is 0 Å². The fourth-order valence-corrected chi connectivity index (χ4v) is 2.21. The fourth-order valence-electron chi connectivity index (χ4n) is 2.21. The molecule has 20 heavy (non-hydrogen) atoms. The van der Waals surface area contributed by atoms with Gasteiger partial charge in [0.25, 0.3) is 0 Å². The average Bonchev–Trinajstić information content (AvgIpc) is 2.84. The minimum Gasteiger partial charge on any atom is -0.496 e. The van der Waals surface area contributed by atoms with Crippen molar-refractivity contribution in [1.82, 2.24) is 19.5 Å². The average molecular weight is 273 g/mol. The van der Waals surface area contributed by atoms with Gasteiger partial charge in [-0.2, -0.15) is 0 Å². The van der Waals surface area contributed by atoms with Gasteiger partial charge < -0.3 is 14.6 Å². The van der Waals surface area contributed by atoms with Crippen molar-refractivity contribution in [3.63, 3.8) is 0 Å². The predicted molar refractivity (Wildman–Crippen MR) is 72.9 cm³/mol. The number of nitrogens with zero attached hydrogens (tertiary/aromatic N) is 4. The summed E-state index contributed by atoms with van der Waals surface area (Å²) in [5, 5.41) is 2.66. The van der Waals surface area contributed by atoms with Crippen molar-refractivity contribution in [2.24, 2.45) is 0 Å². The monoisotopic (exact) mass is 273 g/mol. The molecule has 1 aliphatic heterocycles. The Kier molecular flexibility index (Phi) is 3.32. The molecule has 1 unspecified atom stereocenters. The molecule has 1 atom stereocenters. The number of amides is 1. The number of hydrogen-bond donors (Lipinski definition) is 1. The number of ether oxygens (including phenoxy) is 1. The Morgan fingerprint density at radius 1 is 1.50 bits per heavy atom. The molecular weight excluding hydrogens is 258 g/mol. The first-order valence-electron chi connectivity index (χ1n) is 6.48. The maximum atomic E-state index is 11.1. The van der Waals surface area contributed by atoms with E-state index in [0.29, 0.717) is 23.5 Å². The number of carbonyl (C=O) groups is 1. The summed E-state index contributed by atoms with van der Waals surface area (Å²) < 4.78 is 7.48. The predicted octanol–water partition coefficient (Wildman–Crippen LogP) is 1.48. The lowest BCUT2D eigenvalue weighted by Gasteiger charge is -2.19. The van der Waals surface area contributed by atoms with Gasteiger partial charge in [0.1, 0.15) is 12.4 Å². The fraction of sp³-hybridized carbons (Fsp3) is 0.385. The van der Waals surface area contributed by atoms with Crippen molar-refractivity contribution >= 4 is 22.9 Å². The van der Waals surface area contributed by atoms with E-state index >= 15 is 0 Å². The SMILES string of the molecule is CC(=O)Nc1ncnc2c1ncn2CC1CCC=CO1. The van der Waals surface area contributed by atoms with Crippen molar-refractivity contribution in [2.45, 2.75) is 32.4 Å². The van der Waals surface area contributed by atoms with Gasteiger partial charge in [0.05, 0.1) is 19.1 Å². The van der Waals surface area contributed by atoms with Crippen molar-refractivity contribution in [1.29, 1.82) is 0 Å². The summed E-state index contributed by atoms with van der Waals surface area (Å²) in [6.45, 7) is 2.12. The number of anilines is 1. The number of carbonyl (C=O) groups excluding carboxylic acids is 1. The van der Waals surface area contributed by atoms with Gasteiger partial charge in [0, 0.05) is 6.92 Å². The lowest BCUT2D eigenvalue weighted by atomic mass is 10.1. The summed E-state index contributed by atoms with van der Waals surface area (Å²) >= 11 is 0. The molecule has 7 heteroatoms. The van der Waals surface area contributed by atoms with Crippen LogP contribution in [-0.4, -0.2) is 31.5 Å². The molecule has 0 bridgehead atoms. The first-order valence-corrected chi connectivity index (χ1v) is 6.48. The van der Waals surface area contributed by atoms with Crippen molar-refractivity contribution < 1.29 is 9.53 Å². The van der Waals surface area contributed by atoms with Gasteiger partial charge in [0.2, 0.25) is 5.91 Å². The Balaban J connectivity index is 1.89. The normalized spacial score (nSPS) is 17.9. The van der Waals surface area contributed by atoms with E-state index in [-0.39, 0.29) is 12.0 Å². The van der Waals surface area contributed by atoms with Crippen LogP contribution >= 0.6 is 0 Å². The standard InChI is InChI=1S/C13H15N5O2/c1-9(19)17-12-11-13(15-7-14-12)18(8-16-11)6-10-4-2-3-5-20-10/h3,5,7-8,10H,2,4,6H2,1H3,(H,14,15,17,19). The Bertz CT molecular complexity index is 664. The summed E-state index contributed by atoms with van der Waals surface area (Å²) in [5.41, 5.74) is 1.29. The zero-order valence-electron chi connectivity index (χ0n) is 11.1. The highest BCUT2D eigenvalue weighted by atomic mass is 16.5. The molecule has 0 aliphatic carbocycles. The summed E-state index contributed by atoms with van der Waals surface area (Å²) in [5.74, 6) is 0.256. The third kappa shape index (κ3) is 2.47. The highest BCUT2D eigenvalue weighted by molar-refractivity contribution is 5.95. The number of fused-ring (bicyclic) bond motifs is 1. The molecule has 0 aromatic carbocycles. The first kappa shape index (κ1) is 12.6. The van der Waals surface area contributed by atoms with Gasteiger partial charge in [-0.15, -0.1) is 0 Å². The van der Waals surface area contributed by atoms with E-state index in [0.717, 1.165) is 12.8 Å². The van der Waals surface area contributed by atoms with Crippen LogP contribution in [0, 0.1) is 0 Å². The molecule has 0 radical (unpaired) electrons. The van der Waals surface area contributed by atoms with Crippen LogP contribution in [0.15, 0.2) is 25.0 Å². The molecule has 104 valence electrons. The van der Waals surface area contributed by atoms with Gasteiger partial charge in [-0.3, -0.25) is 4.79 Å². The maximum Gasteiger partial charge on any atom is 0.222 e. The zero-order valence-corrected chi connectivity index (χ0v) is 11.1. The number of hydrogen-bond acceptors (Lipinski definition) is 5. The molecular formula is C13H15N5O2. The minimum atomic E-state index is -0.180. The van der Waals surface area contributed by atoms with Crippen LogP contribution in [0.2, 0.25) is 0 Å². The molecule has 0 spiro atoms. The zero-order chi connectivity index (χ0) is 13.9. The molecule has 1 N–H and O–H groups in total. The third-order valence-electron chi connectivity index (χ3n) is 3.12. The van der Waals surface area contributed by atoms with E-state index in [1.54, 1.807) is 12.6 Å². The number of nitrogens with one attached hydrogen (secondary N) is 1. The smallest absolute Gasteiger partial charge is 0.222 e. The van der Waals surface area contributed by atoms with Crippen LogP contribution in [0.25, 0.3) is 11.2 Å². The molecule has 0 saturated heterocycles. The topological polar surface area (TPSA) is 81.9 Å². The third-order valence-corrected chi connectivity index (χ3v) is 3.12. The molecule has 2 aromatic heterocycles. The summed E-state index contributed by atoms with van der Waals surface area (Å²) in [6.07, 6.45) is 8.99. The van der Waals surface area contributed by atoms with Crippen molar-refractivity contribution in [2.75, 3.05) is 5.32 Å². The van der Waals surface area contributed by atoms with E-state index in [2.05, 4.69) is 20.3 Å². The summed E-state index contributed by atoms with van der Waals surface area (Å²) in [6, 6.07) is 0. The molecule has 0 fully saturated rings. The summed E-state index contributed by atoms with van der Waals surface area (Å²) in [7, 11) is 0. The van der Waals surface area contributed by atoms with Crippen LogP contribution in [0.4, 0.5) is 5.82 Å². The van der Waals surface area contributed by atoms with E-state index in [1.807, 2.05) is 10.6 Å². The lowest BCUT2D eigenvalue weighted by Crippen LogP contribution is -2.19. The van der Waals surface area contributed by atoms with Gasteiger partial charge in [0.15, 0.2) is 17.0 Å². The molecule has 1 aliphatic rings. The lowest BCUT2D eigenvalue weighted by molar-refractivity contribution is -0.114. The quantitative estimate of drug-likeness (QED) is 0.916. The Hall–Kier alpha value is -2.44. The molecule has 7 nitrogen and oxygen atoms in total. The van der Waals surface area contributed by atoms with Crippen LogP contribution in [-0.2, 0) is 16.1 Å². The van der Waals surface area contributed by atoms with E-state index < -0.39 is 0 Å². The Morgan fingerprint density at radius 3 is 3.15 bits per heavy atom. The Morgan fingerprint density at radius 2 is 2.40 bits per heavy atom. The van der Waals surface area contributed by atoms with Gasteiger partial charge in [-0.05, 0) is 18.9 Å². The Labute approximate surface area is 115 Å². The maximum absolute atomic E-state index is 11.1.